The van der Waals surface area contributed by atoms with E-state index in [-0.39, 0.29) is 17.6 Å². The normalized spacial score (nSPS) is 34.3. The number of carbonyl (C=O) groups excluding carboxylic acids is 4. The van der Waals surface area contributed by atoms with Crippen LogP contribution in [0.25, 0.3) is 5.57 Å². The molecule has 0 aromatic heterocycles. The fraction of sp³-hybridized carbons (Fsp3) is 0.364. The first-order valence-corrected chi connectivity index (χ1v) is 10.1. The molecule has 1 saturated carbocycles. The van der Waals surface area contributed by atoms with Crippen molar-refractivity contribution in [3.8, 4) is 5.75 Å². The maximum absolute atomic E-state index is 13.8. The number of benzene rings is 1. The van der Waals surface area contributed by atoms with Gasteiger partial charge in [-0.2, -0.15) is 0 Å². The van der Waals surface area contributed by atoms with E-state index in [1.807, 2.05) is 0 Å². The highest BCUT2D eigenvalue weighted by Crippen LogP contribution is 2.58. The van der Waals surface area contributed by atoms with Crippen molar-refractivity contribution in [2.45, 2.75) is 22.9 Å². The number of amides is 1. The summed E-state index contributed by atoms with van der Waals surface area (Å²) in [5.41, 5.74) is 1.87. The average molecular weight is 461 g/mol. The smallest absolute Gasteiger partial charge is 0.255 e. The predicted octanol–water partition coefficient (Wildman–Crippen LogP) is 0.326. The van der Waals surface area contributed by atoms with Gasteiger partial charge in [0.25, 0.3) is 5.91 Å². The number of rotatable bonds is 2. The number of carbonyl (C=O) groups is 4. The Morgan fingerprint density at radius 3 is 2.44 bits per heavy atom. The van der Waals surface area contributed by atoms with Crippen molar-refractivity contribution in [2.75, 3.05) is 14.1 Å². The highest BCUT2D eigenvalue weighted by molar-refractivity contribution is 6.52. The number of allylic oxidation sites excluding steroid dienone is 1. The molecule has 3 aliphatic carbocycles. The van der Waals surface area contributed by atoms with Crippen molar-refractivity contribution in [3.05, 3.63) is 47.2 Å². The van der Waals surface area contributed by atoms with E-state index in [1.165, 1.54) is 31.1 Å². The largest absolute Gasteiger partial charge is 0.508 e. The van der Waals surface area contributed by atoms with Crippen molar-refractivity contribution >= 4 is 40.4 Å². The van der Waals surface area contributed by atoms with E-state index in [2.05, 4.69) is 6.58 Å². The summed E-state index contributed by atoms with van der Waals surface area (Å²) >= 11 is 6.66. The number of phenolic OH excluding ortho intramolecular Hbond substituents is 1. The van der Waals surface area contributed by atoms with Gasteiger partial charge in [-0.05, 0) is 37.7 Å². The van der Waals surface area contributed by atoms with E-state index in [1.54, 1.807) is 6.07 Å². The number of alkyl halides is 1. The predicted molar refractivity (Wildman–Crippen MR) is 113 cm³/mol. The third-order valence-electron chi connectivity index (χ3n) is 6.85. The lowest BCUT2D eigenvalue weighted by molar-refractivity contribution is -0.160. The fourth-order valence-electron chi connectivity index (χ4n) is 5.36. The second-order valence-corrected chi connectivity index (χ2v) is 9.21. The summed E-state index contributed by atoms with van der Waals surface area (Å²) in [5, 5.41) is 32.6. The van der Waals surface area contributed by atoms with Crippen LogP contribution in [0.5, 0.6) is 5.75 Å². The van der Waals surface area contributed by atoms with Crippen molar-refractivity contribution < 1.29 is 34.5 Å². The summed E-state index contributed by atoms with van der Waals surface area (Å²) in [7, 11) is 3.01. The second kappa shape index (κ2) is 6.74. The van der Waals surface area contributed by atoms with Gasteiger partial charge < -0.3 is 21.1 Å². The van der Waals surface area contributed by atoms with Gasteiger partial charge in [0.15, 0.2) is 22.0 Å². The maximum atomic E-state index is 13.8. The number of aromatic hydroxyl groups is 1. The number of aliphatic hydroxyl groups is 2. The van der Waals surface area contributed by atoms with Gasteiger partial charge in [-0.25, -0.2) is 0 Å². The van der Waals surface area contributed by atoms with Gasteiger partial charge in [0.2, 0.25) is 5.78 Å². The van der Waals surface area contributed by atoms with Crippen molar-refractivity contribution in [3.63, 3.8) is 0 Å². The Morgan fingerprint density at radius 1 is 1.25 bits per heavy atom. The molecule has 1 amide bonds. The lowest BCUT2D eigenvalue weighted by Crippen LogP contribution is -2.72. The van der Waals surface area contributed by atoms with Gasteiger partial charge in [0.05, 0.1) is 11.6 Å². The SMILES string of the molecule is C=C1c2cccc(O)c2C(=O)[C@]2(Cl)C(=O)[C@]3(O)C(O)=C(C(N)=O)C(=O)[C@H](N(C)C)[C@H]3C[C@@H]12. The summed E-state index contributed by atoms with van der Waals surface area (Å²) in [4.78, 5) is 51.1. The molecule has 3 aliphatic rings. The monoisotopic (exact) mass is 460 g/mol. The molecule has 0 spiro atoms. The number of nitrogens with two attached hydrogens (primary N) is 1. The molecule has 9 nitrogen and oxygen atoms in total. The van der Waals surface area contributed by atoms with Crippen LogP contribution in [0.2, 0.25) is 0 Å². The number of nitrogens with zero attached hydrogens (tertiary/aromatic N) is 1. The summed E-state index contributed by atoms with van der Waals surface area (Å²) in [5.74, 6) is -8.37. The summed E-state index contributed by atoms with van der Waals surface area (Å²) in [6.45, 7) is 3.98. The molecule has 0 aliphatic heterocycles. The number of primary amides is 1. The van der Waals surface area contributed by atoms with Crippen LogP contribution in [0.4, 0.5) is 0 Å². The van der Waals surface area contributed by atoms with Crippen LogP contribution in [-0.4, -0.2) is 74.1 Å². The summed E-state index contributed by atoms with van der Waals surface area (Å²) in [6.07, 6.45) is -0.184. The topological polar surface area (TPSA) is 158 Å². The zero-order valence-electron chi connectivity index (χ0n) is 17.3. The molecule has 1 aromatic rings. The first-order valence-electron chi connectivity index (χ1n) is 9.77. The second-order valence-electron chi connectivity index (χ2n) is 8.62. The Balaban J connectivity index is 2.02. The van der Waals surface area contributed by atoms with Crippen LogP contribution in [0.1, 0.15) is 22.3 Å². The molecular weight excluding hydrogens is 440 g/mol. The standard InChI is InChI=1S/C22H21ClN2O7/c1-8-9-5-4-6-12(26)13(9)17(28)21(23)10(8)7-11-15(25(2)3)16(27)14(19(24)30)18(29)22(11,32)20(21)31/h4-6,10-11,15,26,29,32H,1,7H2,2-3H3,(H2,24,30)/t10-,11+,15+,21-,22+/m0/s1. The van der Waals surface area contributed by atoms with Crippen LogP contribution in [0.15, 0.2) is 36.1 Å². The third-order valence-corrected chi connectivity index (χ3v) is 7.45. The fourth-order valence-corrected chi connectivity index (χ4v) is 5.82. The number of aliphatic hydroxyl groups excluding tert-OH is 1. The number of phenols is 1. The highest BCUT2D eigenvalue weighted by atomic mass is 35.5. The minimum Gasteiger partial charge on any atom is -0.508 e. The Hall–Kier alpha value is -3.01. The first-order chi connectivity index (χ1) is 14.8. The van der Waals surface area contributed by atoms with Crippen molar-refractivity contribution in [1.29, 1.82) is 0 Å². The Bertz CT molecular complexity index is 1170. The van der Waals surface area contributed by atoms with Crippen LogP contribution < -0.4 is 5.73 Å². The van der Waals surface area contributed by atoms with Gasteiger partial charge in [0.1, 0.15) is 17.1 Å². The van der Waals surface area contributed by atoms with Gasteiger partial charge in [-0.1, -0.05) is 18.7 Å². The van der Waals surface area contributed by atoms with Crippen molar-refractivity contribution in [1.82, 2.24) is 4.90 Å². The number of fused-ring (bicyclic) bond motifs is 3. The minimum atomic E-state index is -2.83. The average Bonchev–Trinajstić information content (AvgIpc) is 2.70. The summed E-state index contributed by atoms with van der Waals surface area (Å²) < 4.78 is 0. The number of halogens is 1. The van der Waals surface area contributed by atoms with Gasteiger partial charge in [-0.3, -0.25) is 24.1 Å². The van der Waals surface area contributed by atoms with E-state index in [0.717, 1.165) is 0 Å². The molecule has 10 heteroatoms. The molecule has 0 heterocycles. The molecule has 5 atom stereocenters. The first kappa shape index (κ1) is 22.2. The molecule has 168 valence electrons. The van der Waals surface area contributed by atoms with E-state index in [9.17, 15) is 34.5 Å². The lowest BCUT2D eigenvalue weighted by atomic mass is 9.53. The molecular formula is C22H21ClN2O7. The molecule has 0 bridgehead atoms. The zero-order valence-corrected chi connectivity index (χ0v) is 18.0. The van der Waals surface area contributed by atoms with Gasteiger partial charge >= 0.3 is 0 Å². The molecule has 0 radical (unpaired) electrons. The quantitative estimate of drug-likeness (QED) is 0.279. The Kier molecular flexibility index (Phi) is 4.68. The number of Topliss-reactive ketones (excluding diaryl/α,β-unsaturated/α-hetero) is 3. The lowest BCUT2D eigenvalue weighted by Gasteiger charge is -2.54. The van der Waals surface area contributed by atoms with E-state index in [4.69, 9.17) is 17.3 Å². The van der Waals surface area contributed by atoms with Crippen molar-refractivity contribution in [2.24, 2.45) is 17.6 Å². The van der Waals surface area contributed by atoms with Crippen LogP contribution in [0, 0.1) is 11.8 Å². The molecule has 0 unspecified atom stereocenters. The van der Waals surface area contributed by atoms with E-state index < -0.39 is 68.7 Å². The molecule has 0 saturated heterocycles. The number of hydrogen-bond acceptors (Lipinski definition) is 8. The van der Waals surface area contributed by atoms with E-state index >= 15 is 0 Å². The number of hydrogen-bond donors (Lipinski definition) is 4. The van der Waals surface area contributed by atoms with Crippen LogP contribution in [0.3, 0.4) is 0 Å². The molecule has 5 N–H and O–H groups in total. The van der Waals surface area contributed by atoms with Gasteiger partial charge in [0, 0.05) is 11.8 Å². The highest BCUT2D eigenvalue weighted by Gasteiger charge is 2.72. The Labute approximate surface area is 187 Å². The molecule has 1 fully saturated rings. The van der Waals surface area contributed by atoms with Crippen LogP contribution in [-0.2, 0) is 14.4 Å². The van der Waals surface area contributed by atoms with E-state index in [0.29, 0.717) is 5.56 Å². The third kappa shape index (κ3) is 2.41. The Morgan fingerprint density at radius 2 is 1.88 bits per heavy atom. The zero-order chi connectivity index (χ0) is 23.9. The molecule has 32 heavy (non-hydrogen) atoms. The summed E-state index contributed by atoms with van der Waals surface area (Å²) in [6, 6.07) is 3.10. The number of ketones is 3. The maximum Gasteiger partial charge on any atom is 0.255 e. The number of likely N-dealkylation sites (N-methyl/N-ethyl adjacent to an activating group) is 1. The molecule has 4 rings (SSSR count). The minimum absolute atomic E-state index is 0.184. The molecule has 1 aromatic carbocycles. The van der Waals surface area contributed by atoms with Gasteiger partial charge in [-0.15, -0.1) is 11.6 Å². The van der Waals surface area contributed by atoms with Crippen LogP contribution >= 0.6 is 11.6 Å².